The molecule has 0 aliphatic carbocycles. The second-order valence-corrected chi connectivity index (χ2v) is 3.59. The Balaban J connectivity index is 2.34. The minimum atomic E-state index is -0.534. The highest BCUT2D eigenvalue weighted by Crippen LogP contribution is 2.23. The summed E-state index contributed by atoms with van der Waals surface area (Å²) in [5.41, 5.74) is 0. The molecule has 0 aliphatic rings. The van der Waals surface area contributed by atoms with Gasteiger partial charge in [0.2, 0.25) is 0 Å². The molecule has 0 amide bonds. The molecule has 0 aliphatic heterocycles. The third-order valence-corrected chi connectivity index (χ3v) is 2.11. The van der Waals surface area contributed by atoms with E-state index in [-0.39, 0.29) is 10.8 Å². The molecular weight excluding hydrogens is 239 g/mol. The molecule has 0 bridgehead atoms. The smallest absolute Gasteiger partial charge is 0.183 e. The fraction of sp³-hybridized carbons (Fsp3) is 0.400. The first-order valence-electron chi connectivity index (χ1n) is 4.51. The van der Waals surface area contributed by atoms with Crippen LogP contribution < -0.4 is 4.74 Å². The minimum absolute atomic E-state index is 0.0591. The van der Waals surface area contributed by atoms with Gasteiger partial charge in [-0.1, -0.05) is 17.7 Å². The molecule has 2 nitrogen and oxygen atoms in total. The molecule has 84 valence electrons. The van der Waals surface area contributed by atoms with Crippen molar-refractivity contribution in [2.75, 3.05) is 25.6 Å². The maximum absolute atomic E-state index is 13.3. The van der Waals surface area contributed by atoms with Gasteiger partial charge in [0, 0.05) is 5.75 Å². The summed E-state index contributed by atoms with van der Waals surface area (Å²) in [5.74, 6) is 0.274. The Labute approximate surface area is 98.7 Å². The lowest BCUT2D eigenvalue weighted by atomic mass is 10.3. The fourth-order valence-corrected chi connectivity index (χ4v) is 1.27. The molecule has 0 N–H and O–H groups in total. The molecule has 0 fully saturated rings. The van der Waals surface area contributed by atoms with Gasteiger partial charge in [-0.25, -0.2) is 4.39 Å². The van der Waals surface area contributed by atoms with E-state index in [1.165, 1.54) is 12.1 Å². The molecule has 1 aromatic carbocycles. The lowest BCUT2D eigenvalue weighted by Gasteiger charge is -2.07. The number of benzene rings is 1. The zero-order valence-electron chi connectivity index (χ0n) is 8.08. The van der Waals surface area contributed by atoms with Crippen LogP contribution in [-0.2, 0) is 4.74 Å². The van der Waals surface area contributed by atoms with Crippen molar-refractivity contribution >= 4 is 24.2 Å². The largest absolute Gasteiger partial charge is 0.488 e. The van der Waals surface area contributed by atoms with E-state index in [1.54, 1.807) is 6.07 Å². The van der Waals surface area contributed by atoms with E-state index in [2.05, 4.69) is 12.6 Å². The highest BCUT2D eigenvalue weighted by Gasteiger charge is 2.06. The fourth-order valence-electron chi connectivity index (χ4n) is 0.973. The summed E-state index contributed by atoms with van der Waals surface area (Å²) in [4.78, 5) is 0. The summed E-state index contributed by atoms with van der Waals surface area (Å²) in [6.07, 6.45) is 0. The normalized spacial score (nSPS) is 10.3. The van der Waals surface area contributed by atoms with E-state index < -0.39 is 5.82 Å². The SMILES string of the molecule is Fc1c(Cl)cccc1OCCOCCS. The van der Waals surface area contributed by atoms with Crippen molar-refractivity contribution < 1.29 is 13.9 Å². The molecule has 0 saturated carbocycles. The van der Waals surface area contributed by atoms with E-state index >= 15 is 0 Å². The van der Waals surface area contributed by atoms with Crippen molar-refractivity contribution in [3.05, 3.63) is 29.0 Å². The van der Waals surface area contributed by atoms with Gasteiger partial charge in [-0.15, -0.1) is 0 Å². The van der Waals surface area contributed by atoms with Gasteiger partial charge in [0.25, 0.3) is 0 Å². The van der Waals surface area contributed by atoms with Crippen molar-refractivity contribution in [2.45, 2.75) is 0 Å². The van der Waals surface area contributed by atoms with Crippen LogP contribution in [0.4, 0.5) is 4.39 Å². The Morgan fingerprint density at radius 3 is 2.80 bits per heavy atom. The Kier molecular flexibility index (Phi) is 5.83. The number of halogens is 2. The van der Waals surface area contributed by atoms with Crippen LogP contribution in [0.3, 0.4) is 0 Å². The summed E-state index contributed by atoms with van der Waals surface area (Å²) in [6.45, 7) is 1.27. The summed E-state index contributed by atoms with van der Waals surface area (Å²) in [7, 11) is 0. The molecule has 1 aromatic rings. The summed E-state index contributed by atoms with van der Waals surface area (Å²) in [5, 5.41) is 0.0591. The van der Waals surface area contributed by atoms with Gasteiger partial charge in [0.05, 0.1) is 18.2 Å². The summed E-state index contributed by atoms with van der Waals surface area (Å²) >= 11 is 9.56. The molecule has 5 heteroatoms. The standard InChI is InChI=1S/C10H12ClFO2S/c11-8-2-1-3-9(10(8)12)14-5-4-13-6-7-15/h1-3,15H,4-7H2. The van der Waals surface area contributed by atoms with Crippen molar-refractivity contribution in [2.24, 2.45) is 0 Å². The minimum Gasteiger partial charge on any atom is -0.488 e. The average Bonchev–Trinajstić information content (AvgIpc) is 2.24. The predicted molar refractivity (Wildman–Crippen MR) is 61.6 cm³/mol. The van der Waals surface area contributed by atoms with Gasteiger partial charge in [0.15, 0.2) is 11.6 Å². The monoisotopic (exact) mass is 250 g/mol. The Morgan fingerprint density at radius 1 is 1.27 bits per heavy atom. The highest BCUT2D eigenvalue weighted by molar-refractivity contribution is 7.80. The molecule has 0 saturated heterocycles. The third kappa shape index (κ3) is 4.28. The second-order valence-electron chi connectivity index (χ2n) is 2.74. The predicted octanol–water partition coefficient (Wildman–Crippen LogP) is 2.80. The van der Waals surface area contributed by atoms with Crippen LogP contribution in [0.25, 0.3) is 0 Å². The highest BCUT2D eigenvalue weighted by atomic mass is 35.5. The van der Waals surface area contributed by atoms with Crippen molar-refractivity contribution in [3.8, 4) is 5.75 Å². The van der Waals surface area contributed by atoms with E-state index in [0.717, 1.165) is 0 Å². The van der Waals surface area contributed by atoms with Crippen LogP contribution in [-0.4, -0.2) is 25.6 Å². The first-order valence-corrected chi connectivity index (χ1v) is 5.52. The number of hydrogen-bond acceptors (Lipinski definition) is 3. The first-order chi connectivity index (χ1) is 7.25. The zero-order chi connectivity index (χ0) is 11.1. The Hall–Kier alpha value is -0.450. The molecule has 0 radical (unpaired) electrons. The van der Waals surface area contributed by atoms with Crippen molar-refractivity contribution in [1.82, 2.24) is 0 Å². The zero-order valence-corrected chi connectivity index (χ0v) is 9.73. The molecule has 1 rings (SSSR count). The van der Waals surface area contributed by atoms with Crippen molar-refractivity contribution in [3.63, 3.8) is 0 Å². The van der Waals surface area contributed by atoms with E-state index in [9.17, 15) is 4.39 Å². The topological polar surface area (TPSA) is 18.5 Å². The third-order valence-electron chi connectivity index (χ3n) is 1.64. The van der Waals surface area contributed by atoms with Gasteiger partial charge < -0.3 is 9.47 Å². The van der Waals surface area contributed by atoms with Crippen LogP contribution in [0.2, 0.25) is 5.02 Å². The van der Waals surface area contributed by atoms with Gasteiger partial charge in [-0.2, -0.15) is 12.6 Å². The van der Waals surface area contributed by atoms with Gasteiger partial charge in [0.1, 0.15) is 6.61 Å². The summed E-state index contributed by atoms with van der Waals surface area (Å²) < 4.78 is 23.5. The molecular formula is C10H12ClFO2S. The Bertz CT molecular complexity index is 309. The Morgan fingerprint density at radius 2 is 2.07 bits per heavy atom. The number of rotatable bonds is 6. The quantitative estimate of drug-likeness (QED) is 0.618. The maximum Gasteiger partial charge on any atom is 0.183 e. The molecule has 0 atom stereocenters. The molecule has 0 heterocycles. The first kappa shape index (κ1) is 12.6. The van der Waals surface area contributed by atoms with Gasteiger partial charge in [-0.3, -0.25) is 0 Å². The average molecular weight is 251 g/mol. The molecule has 15 heavy (non-hydrogen) atoms. The van der Waals surface area contributed by atoms with E-state index in [0.29, 0.717) is 25.6 Å². The molecule has 0 aromatic heterocycles. The van der Waals surface area contributed by atoms with Gasteiger partial charge in [-0.05, 0) is 12.1 Å². The molecule has 0 spiro atoms. The van der Waals surface area contributed by atoms with E-state index in [4.69, 9.17) is 21.1 Å². The van der Waals surface area contributed by atoms with Crippen LogP contribution >= 0.6 is 24.2 Å². The maximum atomic E-state index is 13.3. The second kappa shape index (κ2) is 6.93. The van der Waals surface area contributed by atoms with Gasteiger partial charge >= 0.3 is 0 Å². The van der Waals surface area contributed by atoms with Crippen LogP contribution in [0.5, 0.6) is 5.75 Å². The van der Waals surface area contributed by atoms with Crippen molar-refractivity contribution in [1.29, 1.82) is 0 Å². The van der Waals surface area contributed by atoms with Crippen LogP contribution in [0.1, 0.15) is 0 Å². The number of ether oxygens (including phenoxy) is 2. The summed E-state index contributed by atoms with van der Waals surface area (Å²) in [6, 6.07) is 4.64. The van der Waals surface area contributed by atoms with E-state index in [1.807, 2.05) is 0 Å². The van der Waals surface area contributed by atoms with Crippen LogP contribution in [0, 0.1) is 5.82 Å². The number of hydrogen-bond donors (Lipinski definition) is 1. The lowest BCUT2D eigenvalue weighted by molar-refractivity contribution is 0.110. The lowest BCUT2D eigenvalue weighted by Crippen LogP contribution is -2.08. The van der Waals surface area contributed by atoms with Crippen LogP contribution in [0.15, 0.2) is 18.2 Å². The number of thiol groups is 1. The molecule has 0 unspecified atom stereocenters.